The van der Waals surface area contributed by atoms with Crippen LogP contribution in [0.15, 0.2) is 59.8 Å². The average molecular weight is 378 g/mol. The zero-order chi connectivity index (χ0) is 19.4. The maximum Gasteiger partial charge on any atom is 0.237 e. The molecule has 2 aromatic carbocycles. The van der Waals surface area contributed by atoms with E-state index in [1.165, 1.54) is 11.8 Å². The van der Waals surface area contributed by atoms with Crippen LogP contribution in [0.5, 0.6) is 0 Å². The van der Waals surface area contributed by atoms with Crippen molar-refractivity contribution in [3.8, 4) is 11.3 Å². The molecule has 0 aliphatic heterocycles. The van der Waals surface area contributed by atoms with E-state index in [1.807, 2.05) is 82.3 Å². The molecule has 0 saturated heterocycles. The third-order valence-corrected chi connectivity index (χ3v) is 5.17. The lowest BCUT2D eigenvalue weighted by Crippen LogP contribution is -2.23. The van der Waals surface area contributed by atoms with Crippen LogP contribution < -0.4 is 5.32 Å². The van der Waals surface area contributed by atoms with Gasteiger partial charge in [-0.15, -0.1) is 0 Å². The highest BCUT2D eigenvalue weighted by Gasteiger charge is 2.18. The molecule has 3 rings (SSSR count). The minimum absolute atomic E-state index is 0.0555. The fourth-order valence-electron chi connectivity index (χ4n) is 2.67. The fraction of sp³-hybridized carbons (Fsp3) is 0.227. The number of carbonyl (C=O) groups excluding carboxylic acids is 1. The first-order valence-corrected chi connectivity index (χ1v) is 9.76. The molecule has 1 aromatic heterocycles. The van der Waals surface area contributed by atoms with Crippen molar-refractivity contribution in [2.24, 2.45) is 0 Å². The van der Waals surface area contributed by atoms with Crippen molar-refractivity contribution in [1.29, 1.82) is 0 Å². The summed E-state index contributed by atoms with van der Waals surface area (Å²) in [4.78, 5) is 21.8. The van der Waals surface area contributed by atoms with Crippen molar-refractivity contribution in [1.82, 2.24) is 9.97 Å². The molecule has 1 N–H and O–H groups in total. The van der Waals surface area contributed by atoms with Gasteiger partial charge in [-0.25, -0.2) is 9.97 Å². The summed E-state index contributed by atoms with van der Waals surface area (Å²) in [5.41, 5.74) is 5.80. The summed E-state index contributed by atoms with van der Waals surface area (Å²) in [6, 6.07) is 18.0. The van der Waals surface area contributed by atoms with Crippen LogP contribution in [0.4, 0.5) is 5.69 Å². The topological polar surface area (TPSA) is 54.9 Å². The van der Waals surface area contributed by atoms with Crippen molar-refractivity contribution in [3.05, 3.63) is 71.4 Å². The van der Waals surface area contributed by atoms with Gasteiger partial charge in [-0.3, -0.25) is 4.79 Å². The lowest BCUT2D eigenvalue weighted by atomic mass is 10.1. The monoisotopic (exact) mass is 377 g/mol. The molecule has 138 valence electrons. The Morgan fingerprint density at radius 3 is 2.48 bits per heavy atom. The van der Waals surface area contributed by atoms with E-state index in [2.05, 4.69) is 15.3 Å². The standard InChI is InChI=1S/C22H23N3OS/c1-14-10-11-15(2)19(12-14)24-21(26)17(4)27-22-23-16(3)13-20(25-22)18-8-6-5-7-9-18/h5-13,17H,1-4H3,(H,24,26)/t17-/m0/s1. The van der Waals surface area contributed by atoms with Crippen LogP contribution in [0.1, 0.15) is 23.7 Å². The molecule has 0 bridgehead atoms. The highest BCUT2D eigenvalue weighted by atomic mass is 32.2. The van der Waals surface area contributed by atoms with E-state index in [1.54, 1.807) is 0 Å². The van der Waals surface area contributed by atoms with E-state index in [-0.39, 0.29) is 11.2 Å². The molecule has 0 aliphatic carbocycles. The van der Waals surface area contributed by atoms with Gasteiger partial charge in [-0.2, -0.15) is 0 Å². The molecule has 1 atom stereocenters. The number of anilines is 1. The van der Waals surface area contributed by atoms with Crippen LogP contribution in [0.2, 0.25) is 0 Å². The Bertz CT molecular complexity index is 957. The van der Waals surface area contributed by atoms with Gasteiger partial charge in [0, 0.05) is 16.9 Å². The number of amides is 1. The molecule has 5 heteroatoms. The zero-order valence-electron chi connectivity index (χ0n) is 16.0. The van der Waals surface area contributed by atoms with E-state index in [0.717, 1.165) is 33.8 Å². The van der Waals surface area contributed by atoms with Gasteiger partial charge in [0.25, 0.3) is 0 Å². The normalized spacial score (nSPS) is 11.9. The maximum absolute atomic E-state index is 12.6. The van der Waals surface area contributed by atoms with Crippen molar-refractivity contribution < 1.29 is 4.79 Å². The molecule has 0 saturated carbocycles. The van der Waals surface area contributed by atoms with Crippen molar-refractivity contribution in [2.45, 2.75) is 38.1 Å². The average Bonchev–Trinajstić information content (AvgIpc) is 2.65. The maximum atomic E-state index is 12.6. The second-order valence-electron chi connectivity index (χ2n) is 6.61. The lowest BCUT2D eigenvalue weighted by molar-refractivity contribution is -0.115. The molecular weight excluding hydrogens is 354 g/mol. The SMILES string of the molecule is Cc1ccc(C)c(NC(=O)[C@H](C)Sc2nc(C)cc(-c3ccccc3)n2)c1. The van der Waals surface area contributed by atoms with Crippen molar-refractivity contribution in [3.63, 3.8) is 0 Å². The molecular formula is C22H23N3OS. The Kier molecular flexibility index (Phi) is 5.91. The van der Waals surface area contributed by atoms with E-state index in [4.69, 9.17) is 0 Å². The van der Waals surface area contributed by atoms with Crippen molar-refractivity contribution >= 4 is 23.4 Å². The van der Waals surface area contributed by atoms with Crippen LogP contribution >= 0.6 is 11.8 Å². The van der Waals surface area contributed by atoms with Gasteiger partial charge in [0.1, 0.15) is 0 Å². The molecule has 0 aliphatic rings. The van der Waals surface area contributed by atoms with Gasteiger partial charge in [0.15, 0.2) is 5.16 Å². The Morgan fingerprint density at radius 2 is 1.74 bits per heavy atom. The third-order valence-electron chi connectivity index (χ3n) is 4.21. The first-order valence-electron chi connectivity index (χ1n) is 8.88. The zero-order valence-corrected chi connectivity index (χ0v) is 16.8. The van der Waals surface area contributed by atoms with Crippen LogP contribution in [0, 0.1) is 20.8 Å². The Balaban J connectivity index is 1.75. The summed E-state index contributed by atoms with van der Waals surface area (Å²) in [5, 5.41) is 3.32. The van der Waals surface area contributed by atoms with Gasteiger partial charge in [-0.1, -0.05) is 54.2 Å². The molecule has 0 spiro atoms. The Hall–Kier alpha value is -2.66. The lowest BCUT2D eigenvalue weighted by Gasteiger charge is -2.14. The minimum atomic E-state index is -0.310. The van der Waals surface area contributed by atoms with Gasteiger partial charge < -0.3 is 5.32 Å². The number of nitrogens with zero attached hydrogens (tertiary/aromatic N) is 2. The highest BCUT2D eigenvalue weighted by Crippen LogP contribution is 2.25. The Labute approximate surface area is 164 Å². The third kappa shape index (κ3) is 4.95. The van der Waals surface area contributed by atoms with Crippen LogP contribution in [0.3, 0.4) is 0 Å². The number of hydrogen-bond donors (Lipinski definition) is 1. The number of aryl methyl sites for hydroxylation is 3. The number of benzene rings is 2. The van der Waals surface area contributed by atoms with Gasteiger partial charge in [0.05, 0.1) is 10.9 Å². The number of rotatable bonds is 5. The second-order valence-corrected chi connectivity index (χ2v) is 7.92. The van der Waals surface area contributed by atoms with E-state index in [0.29, 0.717) is 5.16 Å². The number of carbonyl (C=O) groups is 1. The van der Waals surface area contributed by atoms with Crippen LogP contribution in [-0.2, 0) is 4.79 Å². The number of nitrogens with one attached hydrogen (secondary N) is 1. The summed E-state index contributed by atoms with van der Waals surface area (Å²) in [6.45, 7) is 7.82. The molecule has 1 heterocycles. The predicted molar refractivity (Wildman–Crippen MR) is 112 cm³/mol. The van der Waals surface area contributed by atoms with E-state index >= 15 is 0 Å². The van der Waals surface area contributed by atoms with E-state index < -0.39 is 0 Å². The van der Waals surface area contributed by atoms with E-state index in [9.17, 15) is 4.79 Å². The highest BCUT2D eigenvalue weighted by molar-refractivity contribution is 8.00. The quantitative estimate of drug-likeness (QED) is 0.491. The molecule has 3 aromatic rings. The summed E-state index contributed by atoms with van der Waals surface area (Å²) >= 11 is 1.37. The minimum Gasteiger partial charge on any atom is -0.325 e. The van der Waals surface area contributed by atoms with Crippen molar-refractivity contribution in [2.75, 3.05) is 5.32 Å². The number of aromatic nitrogens is 2. The number of hydrogen-bond acceptors (Lipinski definition) is 4. The molecule has 0 radical (unpaired) electrons. The summed E-state index contributed by atoms with van der Waals surface area (Å²) in [6.07, 6.45) is 0. The van der Waals surface area contributed by atoms with Gasteiger partial charge >= 0.3 is 0 Å². The first kappa shape index (κ1) is 19.1. The molecule has 27 heavy (non-hydrogen) atoms. The predicted octanol–water partition coefficient (Wildman–Crippen LogP) is 5.19. The number of thioether (sulfide) groups is 1. The largest absolute Gasteiger partial charge is 0.325 e. The van der Waals surface area contributed by atoms with Crippen LogP contribution in [-0.4, -0.2) is 21.1 Å². The molecule has 1 amide bonds. The second kappa shape index (κ2) is 8.35. The van der Waals surface area contributed by atoms with Crippen LogP contribution in [0.25, 0.3) is 11.3 Å². The molecule has 0 fully saturated rings. The molecule has 0 unspecified atom stereocenters. The fourth-order valence-corrected chi connectivity index (χ4v) is 3.50. The van der Waals surface area contributed by atoms with Gasteiger partial charge in [0.2, 0.25) is 5.91 Å². The molecule has 4 nitrogen and oxygen atoms in total. The Morgan fingerprint density at radius 1 is 1.00 bits per heavy atom. The van der Waals surface area contributed by atoms with Gasteiger partial charge in [-0.05, 0) is 51.0 Å². The first-order chi connectivity index (χ1) is 12.9. The summed E-state index contributed by atoms with van der Waals surface area (Å²) in [5.74, 6) is -0.0555. The summed E-state index contributed by atoms with van der Waals surface area (Å²) < 4.78 is 0. The summed E-state index contributed by atoms with van der Waals surface area (Å²) in [7, 11) is 0. The smallest absolute Gasteiger partial charge is 0.237 e.